The Morgan fingerprint density at radius 1 is 1.53 bits per heavy atom. The van der Waals surface area contributed by atoms with Crippen molar-refractivity contribution in [3.05, 3.63) is 18.2 Å². The van der Waals surface area contributed by atoms with Gasteiger partial charge < -0.3 is 9.88 Å². The Bertz CT molecular complexity index is 294. The van der Waals surface area contributed by atoms with E-state index in [1.54, 1.807) is 0 Å². The normalized spacial score (nSPS) is 12.0. The van der Waals surface area contributed by atoms with Crippen molar-refractivity contribution in [2.24, 2.45) is 12.5 Å². The van der Waals surface area contributed by atoms with Crippen LogP contribution in [0.3, 0.4) is 0 Å². The number of rotatable bonds is 6. The standard InChI is InChI=1S/C11H20ClN3/c1-11(2,8-12)9-13-5-4-10-14-6-7-15(10)3/h6-7,13H,4-5,8-9H2,1-3H3. The van der Waals surface area contributed by atoms with Gasteiger partial charge >= 0.3 is 0 Å². The summed E-state index contributed by atoms with van der Waals surface area (Å²) in [4.78, 5) is 4.27. The number of aryl methyl sites for hydroxylation is 1. The van der Waals surface area contributed by atoms with Crippen LogP contribution in [0.1, 0.15) is 19.7 Å². The maximum atomic E-state index is 5.84. The molecule has 4 heteroatoms. The average molecular weight is 230 g/mol. The first-order valence-corrected chi connectivity index (χ1v) is 5.81. The molecule has 0 saturated carbocycles. The molecule has 1 aromatic heterocycles. The van der Waals surface area contributed by atoms with Gasteiger partial charge in [0.05, 0.1) is 0 Å². The molecule has 0 aromatic carbocycles. The third kappa shape index (κ3) is 4.22. The summed E-state index contributed by atoms with van der Waals surface area (Å²) in [6.07, 6.45) is 4.76. The Kier molecular flexibility index (Phi) is 4.61. The number of imidazole rings is 1. The Morgan fingerprint density at radius 2 is 2.27 bits per heavy atom. The van der Waals surface area contributed by atoms with E-state index in [-0.39, 0.29) is 5.41 Å². The number of alkyl halides is 1. The quantitative estimate of drug-likeness (QED) is 0.596. The highest BCUT2D eigenvalue weighted by molar-refractivity contribution is 6.18. The smallest absolute Gasteiger partial charge is 0.109 e. The van der Waals surface area contributed by atoms with E-state index in [2.05, 4.69) is 24.1 Å². The molecule has 0 aliphatic carbocycles. The Morgan fingerprint density at radius 3 is 2.80 bits per heavy atom. The minimum Gasteiger partial charge on any atom is -0.338 e. The fourth-order valence-corrected chi connectivity index (χ4v) is 1.41. The maximum absolute atomic E-state index is 5.84. The molecule has 0 unspecified atom stereocenters. The summed E-state index contributed by atoms with van der Waals surface area (Å²) in [6.45, 7) is 6.22. The minimum atomic E-state index is 0.170. The molecular weight excluding hydrogens is 210 g/mol. The first-order valence-electron chi connectivity index (χ1n) is 5.28. The van der Waals surface area contributed by atoms with Crippen molar-refractivity contribution in [2.45, 2.75) is 20.3 Å². The molecule has 0 atom stereocenters. The van der Waals surface area contributed by atoms with Crippen LogP contribution >= 0.6 is 11.6 Å². The Hall–Kier alpha value is -0.540. The molecule has 1 heterocycles. The zero-order valence-corrected chi connectivity index (χ0v) is 10.5. The van der Waals surface area contributed by atoms with Crippen molar-refractivity contribution in [1.82, 2.24) is 14.9 Å². The van der Waals surface area contributed by atoms with Crippen LogP contribution in [-0.4, -0.2) is 28.5 Å². The van der Waals surface area contributed by atoms with E-state index in [1.165, 1.54) is 0 Å². The third-order valence-corrected chi connectivity index (χ3v) is 3.14. The second-order valence-electron chi connectivity index (χ2n) is 4.68. The molecule has 1 rings (SSSR count). The summed E-state index contributed by atoms with van der Waals surface area (Å²) in [6, 6.07) is 0. The van der Waals surface area contributed by atoms with Gasteiger partial charge in [0.15, 0.2) is 0 Å². The fourth-order valence-electron chi connectivity index (χ4n) is 1.31. The highest BCUT2D eigenvalue weighted by Crippen LogP contribution is 2.14. The lowest BCUT2D eigenvalue weighted by Crippen LogP contribution is -2.32. The second kappa shape index (κ2) is 5.52. The number of nitrogens with zero attached hydrogens (tertiary/aromatic N) is 2. The molecule has 1 N–H and O–H groups in total. The molecule has 0 saturated heterocycles. The van der Waals surface area contributed by atoms with E-state index in [0.29, 0.717) is 5.88 Å². The SMILES string of the molecule is Cn1ccnc1CCNCC(C)(C)CCl. The molecular formula is C11H20ClN3. The van der Waals surface area contributed by atoms with Crippen molar-refractivity contribution in [3.8, 4) is 0 Å². The van der Waals surface area contributed by atoms with Gasteiger partial charge in [-0.2, -0.15) is 0 Å². The molecule has 0 radical (unpaired) electrons. The van der Waals surface area contributed by atoms with Crippen LogP contribution in [0.25, 0.3) is 0 Å². The van der Waals surface area contributed by atoms with E-state index >= 15 is 0 Å². The van der Waals surface area contributed by atoms with Crippen LogP contribution in [-0.2, 0) is 13.5 Å². The molecule has 3 nitrogen and oxygen atoms in total. The summed E-state index contributed by atoms with van der Waals surface area (Å²) in [5.74, 6) is 1.80. The summed E-state index contributed by atoms with van der Waals surface area (Å²) in [5.41, 5.74) is 0.170. The second-order valence-corrected chi connectivity index (χ2v) is 4.95. The predicted octanol–water partition coefficient (Wildman–Crippen LogP) is 1.82. The third-order valence-electron chi connectivity index (χ3n) is 2.41. The van der Waals surface area contributed by atoms with Crippen molar-refractivity contribution >= 4 is 11.6 Å². The Labute approximate surface area is 96.8 Å². The van der Waals surface area contributed by atoms with Crippen LogP contribution in [0.2, 0.25) is 0 Å². The van der Waals surface area contributed by atoms with E-state index in [1.807, 2.05) is 24.0 Å². The summed E-state index contributed by atoms with van der Waals surface area (Å²) < 4.78 is 2.05. The van der Waals surface area contributed by atoms with Crippen LogP contribution in [0.4, 0.5) is 0 Å². The fraction of sp³-hybridized carbons (Fsp3) is 0.727. The van der Waals surface area contributed by atoms with Gasteiger partial charge in [-0.15, -0.1) is 11.6 Å². The van der Waals surface area contributed by atoms with Crippen LogP contribution in [0, 0.1) is 5.41 Å². The average Bonchev–Trinajstić information content (AvgIpc) is 2.59. The first-order chi connectivity index (χ1) is 7.05. The van der Waals surface area contributed by atoms with Crippen molar-refractivity contribution < 1.29 is 0 Å². The number of aromatic nitrogens is 2. The monoisotopic (exact) mass is 229 g/mol. The van der Waals surface area contributed by atoms with Crippen LogP contribution in [0.15, 0.2) is 12.4 Å². The lowest BCUT2D eigenvalue weighted by Gasteiger charge is -2.21. The van der Waals surface area contributed by atoms with Gasteiger partial charge in [-0.05, 0) is 5.41 Å². The molecule has 0 aliphatic heterocycles. The zero-order chi connectivity index (χ0) is 11.3. The van der Waals surface area contributed by atoms with Crippen molar-refractivity contribution in [3.63, 3.8) is 0 Å². The van der Waals surface area contributed by atoms with Gasteiger partial charge in [0.1, 0.15) is 5.82 Å². The molecule has 0 amide bonds. The van der Waals surface area contributed by atoms with Gasteiger partial charge in [-0.1, -0.05) is 13.8 Å². The number of halogens is 1. The summed E-state index contributed by atoms with van der Waals surface area (Å²) >= 11 is 5.84. The van der Waals surface area contributed by atoms with Crippen molar-refractivity contribution in [1.29, 1.82) is 0 Å². The predicted molar refractivity (Wildman–Crippen MR) is 64.3 cm³/mol. The zero-order valence-electron chi connectivity index (χ0n) is 9.76. The van der Waals surface area contributed by atoms with Gasteiger partial charge in [-0.25, -0.2) is 4.98 Å². The molecule has 86 valence electrons. The molecule has 0 fully saturated rings. The van der Waals surface area contributed by atoms with Crippen molar-refractivity contribution in [2.75, 3.05) is 19.0 Å². The number of hydrogen-bond donors (Lipinski definition) is 1. The van der Waals surface area contributed by atoms with Crippen LogP contribution in [0.5, 0.6) is 0 Å². The number of nitrogens with one attached hydrogen (secondary N) is 1. The Balaban J connectivity index is 2.20. The van der Waals surface area contributed by atoms with Gasteiger partial charge in [-0.3, -0.25) is 0 Å². The molecule has 0 spiro atoms. The van der Waals surface area contributed by atoms with Gasteiger partial charge in [0.2, 0.25) is 0 Å². The van der Waals surface area contributed by atoms with Crippen LogP contribution < -0.4 is 5.32 Å². The first kappa shape index (κ1) is 12.5. The van der Waals surface area contributed by atoms with Gasteiger partial charge in [0.25, 0.3) is 0 Å². The summed E-state index contributed by atoms with van der Waals surface area (Å²) in [7, 11) is 2.02. The van der Waals surface area contributed by atoms with Gasteiger partial charge in [0, 0.05) is 44.8 Å². The van der Waals surface area contributed by atoms with E-state index < -0.39 is 0 Å². The molecule has 1 aromatic rings. The van der Waals surface area contributed by atoms with E-state index in [4.69, 9.17) is 11.6 Å². The maximum Gasteiger partial charge on any atom is 0.109 e. The molecule has 0 aliphatic rings. The lowest BCUT2D eigenvalue weighted by molar-refractivity contribution is 0.386. The largest absolute Gasteiger partial charge is 0.338 e. The van der Waals surface area contributed by atoms with E-state index in [9.17, 15) is 0 Å². The highest BCUT2D eigenvalue weighted by atomic mass is 35.5. The van der Waals surface area contributed by atoms with E-state index in [0.717, 1.165) is 25.3 Å². The molecule has 0 bridgehead atoms. The highest BCUT2D eigenvalue weighted by Gasteiger charge is 2.15. The lowest BCUT2D eigenvalue weighted by atomic mass is 9.96. The minimum absolute atomic E-state index is 0.170. The topological polar surface area (TPSA) is 29.9 Å². The number of hydrogen-bond acceptors (Lipinski definition) is 2. The summed E-state index contributed by atoms with van der Waals surface area (Å²) in [5, 5.41) is 3.40. The molecule has 15 heavy (non-hydrogen) atoms.